The zero-order valence-corrected chi connectivity index (χ0v) is 23.8. The molecule has 1 aliphatic rings. The van der Waals surface area contributed by atoms with Crippen molar-refractivity contribution in [1.82, 2.24) is 14.7 Å². The number of benzene rings is 2. The zero-order valence-electron chi connectivity index (χ0n) is 23.0. The number of anilines is 1. The number of piperidine rings is 1. The molecule has 1 atom stereocenters. The average Bonchev–Trinajstić information content (AvgIpc) is 3.44. The minimum atomic E-state index is -3.10. The quantitative estimate of drug-likeness (QED) is 0.301. The maximum Gasteiger partial charge on any atom is 0.387 e. The van der Waals surface area contributed by atoms with Gasteiger partial charge in [0.05, 0.1) is 18.7 Å². The van der Waals surface area contributed by atoms with E-state index in [2.05, 4.69) is 15.2 Å². The molecule has 2 heterocycles. The summed E-state index contributed by atoms with van der Waals surface area (Å²) < 4.78 is 37.7. The summed E-state index contributed by atoms with van der Waals surface area (Å²) in [6, 6.07) is 12.9. The molecule has 0 spiro atoms. The first-order valence-corrected chi connectivity index (χ1v) is 13.6. The largest absolute Gasteiger partial charge is 0.497 e. The minimum Gasteiger partial charge on any atom is -0.497 e. The number of alkyl halides is 2. The highest BCUT2D eigenvalue weighted by atomic mass is 35.5. The molecule has 220 valence electrons. The number of methoxy groups -OCH3 is 1. The van der Waals surface area contributed by atoms with Gasteiger partial charge >= 0.3 is 12.6 Å². The molecule has 0 aliphatic carbocycles. The van der Waals surface area contributed by atoms with E-state index in [1.54, 1.807) is 42.3 Å². The highest BCUT2D eigenvalue weighted by Gasteiger charge is 2.46. The molecule has 0 bridgehead atoms. The van der Waals surface area contributed by atoms with Gasteiger partial charge in [-0.2, -0.15) is 13.9 Å². The molecule has 1 amide bonds. The Kier molecular flexibility index (Phi) is 9.49. The van der Waals surface area contributed by atoms with E-state index in [9.17, 15) is 23.5 Å². The van der Waals surface area contributed by atoms with Crippen LogP contribution < -0.4 is 14.8 Å². The summed E-state index contributed by atoms with van der Waals surface area (Å²) >= 11 is 5.98. The number of rotatable bonds is 11. The summed E-state index contributed by atoms with van der Waals surface area (Å²) in [5.74, 6) is -1.72. The van der Waals surface area contributed by atoms with E-state index in [1.807, 2.05) is 24.8 Å². The molecule has 1 aromatic heterocycles. The van der Waals surface area contributed by atoms with Crippen molar-refractivity contribution in [3.05, 3.63) is 71.0 Å². The number of ether oxygens (including phenoxy) is 2. The molecule has 41 heavy (non-hydrogen) atoms. The smallest absolute Gasteiger partial charge is 0.387 e. The van der Waals surface area contributed by atoms with Crippen LogP contribution in [0.2, 0.25) is 5.02 Å². The third-order valence-corrected chi connectivity index (χ3v) is 7.67. The molecule has 1 fully saturated rings. The lowest BCUT2D eigenvalue weighted by Crippen LogP contribution is -2.54. The van der Waals surface area contributed by atoms with E-state index in [0.29, 0.717) is 37.2 Å². The number of hydrogen-bond acceptors (Lipinski definition) is 6. The van der Waals surface area contributed by atoms with Gasteiger partial charge in [-0.1, -0.05) is 37.6 Å². The third-order valence-electron chi connectivity index (χ3n) is 7.44. The Hall–Kier alpha value is -3.70. The minimum absolute atomic E-state index is 0.0555. The summed E-state index contributed by atoms with van der Waals surface area (Å²) in [5.41, 5.74) is 0.400. The Labute approximate surface area is 242 Å². The lowest BCUT2D eigenvalue weighted by atomic mass is 9.84. The number of hydrogen-bond donors (Lipinski definition) is 2. The van der Waals surface area contributed by atoms with Crippen molar-refractivity contribution in [1.29, 1.82) is 0 Å². The number of aromatic nitrogens is 2. The third kappa shape index (κ3) is 6.79. The fraction of sp³-hybridized carbons (Fsp3) is 0.414. The van der Waals surface area contributed by atoms with Crippen LogP contribution in [0.4, 0.5) is 14.5 Å². The van der Waals surface area contributed by atoms with E-state index in [1.165, 1.54) is 18.2 Å². The Morgan fingerprint density at radius 1 is 1.12 bits per heavy atom. The van der Waals surface area contributed by atoms with Crippen LogP contribution in [0.5, 0.6) is 11.5 Å². The number of likely N-dealkylation sites (tertiary alicyclic amines) is 1. The molecular weight excluding hydrogens is 558 g/mol. The number of aliphatic carboxylic acids is 1. The van der Waals surface area contributed by atoms with Gasteiger partial charge in [0.25, 0.3) is 5.91 Å². The Morgan fingerprint density at radius 2 is 1.80 bits per heavy atom. The van der Waals surface area contributed by atoms with E-state index in [4.69, 9.17) is 16.3 Å². The van der Waals surface area contributed by atoms with Crippen molar-refractivity contribution in [3.63, 3.8) is 0 Å². The summed E-state index contributed by atoms with van der Waals surface area (Å²) in [6.07, 6.45) is 2.26. The molecule has 12 heteroatoms. The maximum absolute atomic E-state index is 14.0. The number of carboxylic acids is 1. The SMILES string of the molecule is COc1ccc([C@@H](CN2CCC(C(=O)Nc3ccc(Cl)cc3OC(F)F)(n3nccc3C(C)C)CC2)C(=O)O)cc1. The lowest BCUT2D eigenvalue weighted by molar-refractivity contribution is -0.140. The molecule has 0 radical (unpaired) electrons. The fourth-order valence-electron chi connectivity index (χ4n) is 5.20. The van der Waals surface area contributed by atoms with Gasteiger partial charge in [0.1, 0.15) is 11.3 Å². The number of amides is 1. The van der Waals surface area contributed by atoms with Crippen LogP contribution in [-0.2, 0) is 15.1 Å². The summed E-state index contributed by atoms with van der Waals surface area (Å²) in [6.45, 7) is 1.95. The van der Waals surface area contributed by atoms with Crippen LogP contribution in [0.1, 0.15) is 49.8 Å². The number of nitrogens with one attached hydrogen (secondary N) is 1. The molecule has 4 rings (SSSR count). The first-order valence-electron chi connectivity index (χ1n) is 13.2. The van der Waals surface area contributed by atoms with E-state index in [-0.39, 0.29) is 28.9 Å². The Balaban J connectivity index is 1.60. The molecule has 2 N–H and O–H groups in total. The van der Waals surface area contributed by atoms with Gasteiger partial charge in [-0.05, 0) is 54.7 Å². The van der Waals surface area contributed by atoms with Crippen LogP contribution in [0.3, 0.4) is 0 Å². The van der Waals surface area contributed by atoms with Crippen LogP contribution in [0, 0.1) is 0 Å². The zero-order chi connectivity index (χ0) is 29.7. The Morgan fingerprint density at radius 3 is 2.39 bits per heavy atom. The van der Waals surface area contributed by atoms with Crippen molar-refractivity contribution in [2.75, 3.05) is 32.1 Å². The summed E-state index contributed by atoms with van der Waals surface area (Å²) in [4.78, 5) is 28.2. The number of carbonyl (C=O) groups is 2. The fourth-order valence-corrected chi connectivity index (χ4v) is 5.36. The maximum atomic E-state index is 14.0. The van der Waals surface area contributed by atoms with Gasteiger partial charge in [0.15, 0.2) is 5.75 Å². The van der Waals surface area contributed by atoms with Gasteiger partial charge in [0.2, 0.25) is 0 Å². The highest BCUT2D eigenvalue weighted by molar-refractivity contribution is 6.30. The predicted octanol–water partition coefficient (Wildman–Crippen LogP) is 5.57. The van der Waals surface area contributed by atoms with Crippen molar-refractivity contribution in [2.24, 2.45) is 0 Å². The van der Waals surface area contributed by atoms with Crippen LogP contribution >= 0.6 is 11.6 Å². The second kappa shape index (κ2) is 12.9. The van der Waals surface area contributed by atoms with Gasteiger partial charge in [-0.15, -0.1) is 0 Å². The van der Waals surface area contributed by atoms with Gasteiger partial charge in [0, 0.05) is 42.6 Å². The molecule has 3 aromatic rings. The van der Waals surface area contributed by atoms with Crippen LogP contribution in [0.25, 0.3) is 0 Å². The Bertz CT molecular complexity index is 1360. The normalized spacial score (nSPS) is 16.0. The van der Waals surface area contributed by atoms with Gasteiger partial charge in [-0.25, -0.2) is 0 Å². The molecule has 0 unspecified atom stereocenters. The highest BCUT2D eigenvalue weighted by Crippen LogP contribution is 2.37. The van der Waals surface area contributed by atoms with Gasteiger partial charge < -0.3 is 24.8 Å². The number of nitrogens with zero attached hydrogens (tertiary/aromatic N) is 3. The van der Waals surface area contributed by atoms with E-state index < -0.39 is 29.9 Å². The lowest BCUT2D eigenvalue weighted by Gasteiger charge is -2.42. The summed E-state index contributed by atoms with van der Waals surface area (Å²) in [5, 5.41) is 17.5. The van der Waals surface area contributed by atoms with Gasteiger partial charge in [-0.3, -0.25) is 14.3 Å². The average molecular weight is 591 g/mol. The summed E-state index contributed by atoms with van der Waals surface area (Å²) in [7, 11) is 1.55. The van der Waals surface area contributed by atoms with Crippen molar-refractivity contribution >= 4 is 29.2 Å². The van der Waals surface area contributed by atoms with Crippen molar-refractivity contribution < 1.29 is 33.0 Å². The first-order chi connectivity index (χ1) is 19.5. The molecule has 9 nitrogen and oxygen atoms in total. The first kappa shape index (κ1) is 30.3. The molecule has 1 aliphatic heterocycles. The van der Waals surface area contributed by atoms with Crippen molar-refractivity contribution in [2.45, 2.75) is 50.7 Å². The van der Waals surface area contributed by atoms with E-state index in [0.717, 1.165) is 5.69 Å². The molecular formula is C29H33ClF2N4O5. The monoisotopic (exact) mass is 590 g/mol. The standard InChI is InChI=1S/C29H33ClF2N4O5/c1-18(2)24-10-13-33-36(24)29(27(39)34-23-9-6-20(30)16-25(23)41-28(31)32)11-14-35(15-12-29)17-22(26(37)38)19-4-7-21(40-3)8-5-19/h4-10,13,16,18,22,28H,11-12,14-15,17H2,1-3H3,(H,34,39)(H,37,38)/t22-/m1/s1. The number of carboxylic acid groups (broad SMARTS) is 1. The second-order valence-electron chi connectivity index (χ2n) is 10.3. The van der Waals surface area contributed by atoms with Crippen LogP contribution in [0.15, 0.2) is 54.7 Å². The number of halogens is 3. The predicted molar refractivity (Wildman–Crippen MR) is 150 cm³/mol. The topological polar surface area (TPSA) is 106 Å². The second-order valence-corrected chi connectivity index (χ2v) is 10.7. The molecule has 0 saturated carbocycles. The van der Waals surface area contributed by atoms with E-state index >= 15 is 0 Å². The van der Waals surface area contributed by atoms with Crippen LogP contribution in [-0.4, -0.2) is 65.0 Å². The van der Waals surface area contributed by atoms with Crippen molar-refractivity contribution in [3.8, 4) is 11.5 Å². The molecule has 2 aromatic carbocycles. The molecule has 1 saturated heterocycles. The number of carbonyl (C=O) groups excluding carboxylic acids is 1.